The van der Waals surface area contributed by atoms with Crippen LogP contribution in [0.5, 0.6) is 11.5 Å². The van der Waals surface area contributed by atoms with Crippen LogP contribution in [0.2, 0.25) is 0 Å². The Morgan fingerprint density at radius 2 is 2.06 bits per heavy atom. The fourth-order valence-corrected chi connectivity index (χ4v) is 1.53. The molecule has 1 aromatic rings. The van der Waals surface area contributed by atoms with E-state index in [1.54, 1.807) is 32.9 Å². The molecule has 1 aromatic carbocycles. The molecule has 0 saturated heterocycles. The molecule has 0 unspecified atom stereocenters. The third-order valence-corrected chi connectivity index (χ3v) is 2.42. The van der Waals surface area contributed by atoms with E-state index < -0.39 is 5.97 Å². The highest BCUT2D eigenvalue weighted by Gasteiger charge is 2.20. The van der Waals surface area contributed by atoms with Gasteiger partial charge in [0.2, 0.25) is 0 Å². The van der Waals surface area contributed by atoms with Crippen LogP contribution in [0.1, 0.15) is 28.4 Å². The number of carbonyl (C=O) groups is 1. The zero-order valence-corrected chi connectivity index (χ0v) is 10.4. The number of benzene rings is 1. The summed E-state index contributed by atoms with van der Waals surface area (Å²) in [5.74, 6) is -0.0710. The predicted molar refractivity (Wildman–Crippen MR) is 64.4 cm³/mol. The number of aryl methyl sites for hydroxylation is 1. The Labute approximate surface area is 100 Å². The summed E-state index contributed by atoms with van der Waals surface area (Å²) < 4.78 is 10.0. The van der Waals surface area contributed by atoms with E-state index in [-0.39, 0.29) is 11.3 Å². The highest BCUT2D eigenvalue weighted by molar-refractivity contribution is 5.95. The molecule has 0 aliphatic carbocycles. The molecule has 0 bridgehead atoms. The molecular weight excluding hydrogens is 220 g/mol. The van der Waals surface area contributed by atoms with Gasteiger partial charge in [-0.2, -0.15) is 0 Å². The molecule has 0 atom stereocenters. The molecule has 0 spiro atoms. The summed E-state index contributed by atoms with van der Waals surface area (Å²) in [4.78, 5) is 11.6. The predicted octanol–water partition coefficient (Wildman–Crippen LogP) is 2.71. The van der Waals surface area contributed by atoms with E-state index in [2.05, 4.69) is 4.74 Å². The van der Waals surface area contributed by atoms with Crippen molar-refractivity contribution in [3.05, 3.63) is 35.1 Å². The molecule has 0 heterocycles. The molecular formula is C13H16O4. The quantitative estimate of drug-likeness (QED) is 0.647. The molecule has 92 valence electrons. The van der Waals surface area contributed by atoms with E-state index in [4.69, 9.17) is 4.74 Å². The van der Waals surface area contributed by atoms with Crippen molar-refractivity contribution in [3.8, 4) is 11.5 Å². The van der Waals surface area contributed by atoms with Gasteiger partial charge in [-0.25, -0.2) is 4.79 Å². The topological polar surface area (TPSA) is 55.8 Å². The maximum atomic E-state index is 11.6. The van der Waals surface area contributed by atoms with Crippen LogP contribution in [0.25, 0.3) is 0 Å². The smallest absolute Gasteiger partial charge is 0.342 e. The van der Waals surface area contributed by atoms with Crippen molar-refractivity contribution >= 4 is 5.97 Å². The van der Waals surface area contributed by atoms with Crippen LogP contribution in [0, 0.1) is 13.8 Å². The third kappa shape index (κ3) is 2.58. The number of hydrogen-bond acceptors (Lipinski definition) is 4. The fraction of sp³-hybridized carbons (Fsp3) is 0.308. The van der Waals surface area contributed by atoms with Gasteiger partial charge in [0, 0.05) is 5.56 Å². The normalized spacial score (nSPS) is 10.6. The molecule has 0 aromatic heterocycles. The Hall–Kier alpha value is -1.97. The first-order chi connectivity index (χ1) is 8.02. The number of carbonyl (C=O) groups excluding carboxylic acids is 1. The van der Waals surface area contributed by atoms with Crippen molar-refractivity contribution in [2.45, 2.75) is 20.8 Å². The summed E-state index contributed by atoms with van der Waals surface area (Å²) in [7, 11) is 1.29. The lowest BCUT2D eigenvalue weighted by Gasteiger charge is -2.13. The van der Waals surface area contributed by atoms with Crippen molar-refractivity contribution in [2.24, 2.45) is 0 Å². The molecule has 4 heteroatoms. The first kappa shape index (κ1) is 13.1. The first-order valence-corrected chi connectivity index (χ1v) is 5.22. The van der Waals surface area contributed by atoms with Gasteiger partial charge in [0.05, 0.1) is 13.4 Å². The third-order valence-electron chi connectivity index (χ3n) is 2.42. The van der Waals surface area contributed by atoms with E-state index in [9.17, 15) is 9.90 Å². The highest BCUT2D eigenvalue weighted by Crippen LogP contribution is 2.33. The second kappa shape index (κ2) is 5.39. The monoisotopic (exact) mass is 236 g/mol. The summed E-state index contributed by atoms with van der Waals surface area (Å²) in [6.07, 6.45) is 3.18. The van der Waals surface area contributed by atoms with Gasteiger partial charge < -0.3 is 14.6 Å². The Kier molecular flexibility index (Phi) is 4.15. The van der Waals surface area contributed by atoms with Gasteiger partial charge in [-0.15, -0.1) is 0 Å². The van der Waals surface area contributed by atoms with Crippen LogP contribution >= 0.6 is 0 Å². The Morgan fingerprint density at radius 3 is 2.59 bits per heavy atom. The first-order valence-electron chi connectivity index (χ1n) is 5.22. The number of allylic oxidation sites excluding steroid dienone is 1. The lowest BCUT2D eigenvalue weighted by Crippen LogP contribution is -2.07. The van der Waals surface area contributed by atoms with E-state index in [1.807, 2.05) is 0 Å². The van der Waals surface area contributed by atoms with Crippen molar-refractivity contribution in [3.63, 3.8) is 0 Å². The number of phenols is 1. The second-order valence-corrected chi connectivity index (χ2v) is 3.62. The summed E-state index contributed by atoms with van der Waals surface area (Å²) in [5.41, 5.74) is 1.35. The standard InChI is InChI=1S/C13H16O4/c1-5-6-17-10-7-8(2)12(14)9(3)11(10)13(15)16-4/h5-7,14H,1-4H3/b6-5+. The minimum Gasteiger partial charge on any atom is -0.507 e. The summed E-state index contributed by atoms with van der Waals surface area (Å²) >= 11 is 0. The van der Waals surface area contributed by atoms with Crippen LogP contribution in [0.3, 0.4) is 0 Å². The molecule has 0 saturated carbocycles. The minimum atomic E-state index is -0.530. The van der Waals surface area contributed by atoms with E-state index >= 15 is 0 Å². The Bertz CT molecular complexity index is 461. The average Bonchev–Trinajstić information content (AvgIpc) is 2.32. The van der Waals surface area contributed by atoms with Crippen molar-refractivity contribution < 1.29 is 19.4 Å². The lowest BCUT2D eigenvalue weighted by atomic mass is 10.0. The summed E-state index contributed by atoms with van der Waals surface area (Å²) in [6, 6.07) is 1.61. The summed E-state index contributed by atoms with van der Waals surface area (Å²) in [6.45, 7) is 5.20. The Morgan fingerprint density at radius 1 is 1.41 bits per heavy atom. The Balaban J connectivity index is 3.40. The number of methoxy groups -OCH3 is 1. The number of esters is 1. The molecule has 1 N–H and O–H groups in total. The SMILES string of the molecule is C/C=C/Oc1cc(C)c(O)c(C)c1C(=O)OC. The van der Waals surface area contributed by atoms with Gasteiger partial charge in [-0.3, -0.25) is 0 Å². The van der Waals surface area contributed by atoms with Crippen molar-refractivity contribution in [1.82, 2.24) is 0 Å². The van der Waals surface area contributed by atoms with E-state index in [0.29, 0.717) is 16.9 Å². The average molecular weight is 236 g/mol. The van der Waals surface area contributed by atoms with Crippen LogP contribution < -0.4 is 4.74 Å². The van der Waals surface area contributed by atoms with Gasteiger partial charge in [-0.1, -0.05) is 6.08 Å². The minimum absolute atomic E-state index is 0.0817. The molecule has 0 aliphatic rings. The zero-order chi connectivity index (χ0) is 13.0. The van der Waals surface area contributed by atoms with Gasteiger partial charge in [0.25, 0.3) is 0 Å². The molecule has 17 heavy (non-hydrogen) atoms. The second-order valence-electron chi connectivity index (χ2n) is 3.62. The van der Waals surface area contributed by atoms with E-state index in [0.717, 1.165) is 0 Å². The van der Waals surface area contributed by atoms with Gasteiger partial charge in [-0.05, 0) is 32.4 Å². The van der Waals surface area contributed by atoms with Crippen LogP contribution in [-0.2, 0) is 4.74 Å². The van der Waals surface area contributed by atoms with Gasteiger partial charge in [0.1, 0.15) is 17.1 Å². The van der Waals surface area contributed by atoms with Crippen LogP contribution in [0.4, 0.5) is 0 Å². The van der Waals surface area contributed by atoms with Crippen molar-refractivity contribution in [2.75, 3.05) is 7.11 Å². The fourth-order valence-electron chi connectivity index (χ4n) is 1.53. The maximum absolute atomic E-state index is 11.6. The van der Waals surface area contributed by atoms with Gasteiger partial charge in [0.15, 0.2) is 0 Å². The summed E-state index contributed by atoms with van der Waals surface area (Å²) in [5, 5.41) is 9.80. The van der Waals surface area contributed by atoms with Crippen LogP contribution in [-0.4, -0.2) is 18.2 Å². The zero-order valence-electron chi connectivity index (χ0n) is 10.4. The number of aromatic hydroxyl groups is 1. The molecule has 0 fully saturated rings. The molecule has 0 aliphatic heterocycles. The number of phenolic OH excluding ortho intramolecular Hbond substituents is 1. The van der Waals surface area contributed by atoms with Crippen LogP contribution in [0.15, 0.2) is 18.4 Å². The molecule has 0 amide bonds. The van der Waals surface area contributed by atoms with E-state index in [1.165, 1.54) is 13.4 Å². The molecule has 4 nitrogen and oxygen atoms in total. The number of hydrogen-bond donors (Lipinski definition) is 1. The highest BCUT2D eigenvalue weighted by atomic mass is 16.5. The largest absolute Gasteiger partial charge is 0.507 e. The molecule has 0 radical (unpaired) electrons. The molecule has 1 rings (SSSR count). The lowest BCUT2D eigenvalue weighted by molar-refractivity contribution is 0.0596. The van der Waals surface area contributed by atoms with Gasteiger partial charge >= 0.3 is 5.97 Å². The number of rotatable bonds is 3. The maximum Gasteiger partial charge on any atom is 0.342 e. The van der Waals surface area contributed by atoms with Crippen molar-refractivity contribution in [1.29, 1.82) is 0 Å². The number of ether oxygens (including phenoxy) is 2.